The van der Waals surface area contributed by atoms with Crippen molar-refractivity contribution in [1.82, 2.24) is 0 Å². The standard InChI is InChI=1S/C5H5O3Si2/c1-3(4(6)8-2)10-5(7)9/h1H2,2H3. The first-order valence-electron chi connectivity index (χ1n) is 2.37. The number of carbonyl (C=O) groups excluding carboxylic acids is 2. The SMILES string of the molecule is C=C([Si]C(=O)[Si])C(=O)OC. The van der Waals surface area contributed by atoms with Crippen LogP contribution in [0.4, 0.5) is 4.79 Å². The second kappa shape index (κ2) is 4.18. The van der Waals surface area contributed by atoms with Crippen molar-refractivity contribution < 1.29 is 14.3 Å². The van der Waals surface area contributed by atoms with Crippen molar-refractivity contribution in [2.75, 3.05) is 7.11 Å². The van der Waals surface area contributed by atoms with Crippen molar-refractivity contribution in [3.8, 4) is 0 Å². The molecular weight excluding hydrogens is 164 g/mol. The van der Waals surface area contributed by atoms with Crippen LogP contribution in [0.2, 0.25) is 0 Å². The average molecular weight is 169 g/mol. The van der Waals surface area contributed by atoms with E-state index in [1.165, 1.54) is 7.11 Å². The van der Waals surface area contributed by atoms with Gasteiger partial charge in [-0.1, -0.05) is 6.58 Å². The van der Waals surface area contributed by atoms with Gasteiger partial charge in [0.25, 0.3) is 0 Å². The summed E-state index contributed by atoms with van der Waals surface area (Å²) in [5.74, 6) is -0.537. The lowest BCUT2D eigenvalue weighted by molar-refractivity contribution is -0.135. The van der Waals surface area contributed by atoms with Crippen LogP contribution in [-0.2, 0) is 9.53 Å². The Morgan fingerprint density at radius 2 is 2.10 bits per heavy atom. The molecule has 0 aliphatic heterocycles. The highest BCUT2D eigenvalue weighted by molar-refractivity contribution is 7.01. The molecule has 0 aromatic carbocycles. The van der Waals surface area contributed by atoms with Gasteiger partial charge in [-0.2, -0.15) is 0 Å². The smallest absolute Gasteiger partial charge is 0.329 e. The van der Waals surface area contributed by atoms with Gasteiger partial charge in [0.15, 0.2) is 9.52 Å². The van der Waals surface area contributed by atoms with Gasteiger partial charge in [0.2, 0.25) is 0 Å². The number of rotatable bonds is 3. The molecule has 0 amide bonds. The highest BCUT2D eigenvalue weighted by atomic mass is 28.2. The first kappa shape index (κ1) is 9.31. The van der Waals surface area contributed by atoms with Gasteiger partial charge in [0.05, 0.1) is 12.1 Å². The van der Waals surface area contributed by atoms with Gasteiger partial charge in [-0.3, -0.25) is 0 Å². The molecule has 0 atom stereocenters. The van der Waals surface area contributed by atoms with Crippen molar-refractivity contribution in [2.24, 2.45) is 0 Å². The molecule has 0 bridgehead atoms. The number of methoxy groups -OCH3 is 1. The van der Waals surface area contributed by atoms with Crippen molar-refractivity contribution >= 4 is 30.8 Å². The van der Waals surface area contributed by atoms with E-state index >= 15 is 0 Å². The summed E-state index contributed by atoms with van der Waals surface area (Å²) in [6.45, 7) is 3.35. The normalized spacial score (nSPS) is 8.60. The molecule has 3 nitrogen and oxygen atoms in total. The third-order valence-electron chi connectivity index (χ3n) is 0.696. The lowest BCUT2D eigenvalue weighted by atomic mass is 10.6. The van der Waals surface area contributed by atoms with Crippen LogP contribution in [-0.4, -0.2) is 37.9 Å². The van der Waals surface area contributed by atoms with E-state index in [0.717, 1.165) is 0 Å². The highest BCUT2D eigenvalue weighted by Gasteiger charge is 2.09. The Hall–Kier alpha value is -0.686. The number of hydrogen-bond acceptors (Lipinski definition) is 3. The molecule has 0 rings (SSSR count). The van der Waals surface area contributed by atoms with E-state index in [1.807, 2.05) is 0 Å². The summed E-state index contributed by atoms with van der Waals surface area (Å²) in [5, 5.41) is -0.0714. The van der Waals surface area contributed by atoms with Crippen molar-refractivity contribution in [3.05, 3.63) is 11.8 Å². The van der Waals surface area contributed by atoms with Gasteiger partial charge in [0.1, 0.15) is 10.2 Å². The van der Waals surface area contributed by atoms with E-state index in [9.17, 15) is 9.59 Å². The molecular formula is C5H5O3Si2. The zero-order chi connectivity index (χ0) is 8.15. The molecule has 51 valence electrons. The van der Waals surface area contributed by atoms with Crippen LogP contribution in [0.15, 0.2) is 11.8 Å². The summed E-state index contributed by atoms with van der Waals surface area (Å²) >= 11 is 0. The van der Waals surface area contributed by atoms with Gasteiger partial charge in [-0.05, 0) is 0 Å². The zero-order valence-electron chi connectivity index (χ0n) is 5.43. The maximum atomic E-state index is 10.6. The van der Waals surface area contributed by atoms with Gasteiger partial charge in [-0.25, -0.2) is 4.79 Å². The Kier molecular flexibility index (Phi) is 3.89. The zero-order valence-corrected chi connectivity index (χ0v) is 7.43. The van der Waals surface area contributed by atoms with Gasteiger partial charge < -0.3 is 9.53 Å². The van der Waals surface area contributed by atoms with Crippen molar-refractivity contribution in [3.63, 3.8) is 0 Å². The molecule has 0 saturated heterocycles. The summed E-state index contributed by atoms with van der Waals surface area (Å²) in [6, 6.07) is 0. The molecule has 0 N–H and O–H groups in total. The fraction of sp³-hybridized carbons (Fsp3) is 0.200. The second-order valence-electron chi connectivity index (χ2n) is 1.42. The third kappa shape index (κ3) is 3.36. The molecule has 10 heavy (non-hydrogen) atoms. The van der Waals surface area contributed by atoms with Crippen LogP contribution in [0.3, 0.4) is 0 Å². The first-order chi connectivity index (χ1) is 4.57. The molecule has 0 saturated carbocycles. The fourth-order valence-electron chi connectivity index (χ4n) is 0.311. The molecule has 5 radical (unpaired) electrons. The van der Waals surface area contributed by atoms with Crippen LogP contribution in [0.25, 0.3) is 0 Å². The average Bonchev–Trinajstić information content (AvgIpc) is 1.85. The maximum Gasteiger partial charge on any atom is 0.329 e. The number of ether oxygens (including phenoxy) is 1. The quantitative estimate of drug-likeness (QED) is 0.330. The Morgan fingerprint density at radius 3 is 2.40 bits per heavy atom. The lowest BCUT2D eigenvalue weighted by Gasteiger charge is -1.97. The summed E-state index contributed by atoms with van der Waals surface area (Å²) in [7, 11) is 3.73. The van der Waals surface area contributed by atoms with E-state index < -0.39 is 5.97 Å². The lowest BCUT2D eigenvalue weighted by Crippen LogP contribution is -2.16. The fourth-order valence-corrected chi connectivity index (χ4v) is 1.24. The van der Waals surface area contributed by atoms with Crippen LogP contribution in [0.1, 0.15) is 0 Å². The summed E-state index contributed by atoms with van der Waals surface area (Å²) in [6.07, 6.45) is 0. The van der Waals surface area contributed by atoms with E-state index in [-0.39, 0.29) is 19.7 Å². The van der Waals surface area contributed by atoms with Crippen LogP contribution < -0.4 is 0 Å². The minimum atomic E-state index is -0.537. The van der Waals surface area contributed by atoms with E-state index in [2.05, 4.69) is 21.6 Å². The monoisotopic (exact) mass is 169 g/mol. The number of carbonyl (C=O) groups is 2. The second-order valence-corrected chi connectivity index (χ2v) is 3.69. The molecule has 0 fully saturated rings. The highest BCUT2D eigenvalue weighted by Crippen LogP contribution is 1.90. The Bertz CT molecular complexity index is 176. The maximum absolute atomic E-state index is 10.6. The Labute approximate surface area is 64.7 Å². The molecule has 0 spiro atoms. The number of hydrogen-bond donors (Lipinski definition) is 0. The molecule has 0 aromatic heterocycles. The van der Waals surface area contributed by atoms with Gasteiger partial charge >= 0.3 is 5.97 Å². The predicted molar refractivity (Wildman–Crippen MR) is 38.1 cm³/mol. The van der Waals surface area contributed by atoms with Crippen LogP contribution in [0, 0.1) is 0 Å². The Balaban J connectivity index is 3.86. The van der Waals surface area contributed by atoms with Crippen molar-refractivity contribution in [2.45, 2.75) is 0 Å². The Morgan fingerprint density at radius 1 is 1.60 bits per heavy atom. The van der Waals surface area contributed by atoms with E-state index in [1.54, 1.807) is 0 Å². The molecule has 0 unspecified atom stereocenters. The predicted octanol–water partition coefficient (Wildman–Crippen LogP) is -0.334. The minimum absolute atomic E-state index is 0.183. The minimum Gasteiger partial charge on any atom is -0.466 e. The molecule has 0 heterocycles. The van der Waals surface area contributed by atoms with E-state index in [0.29, 0.717) is 0 Å². The van der Waals surface area contributed by atoms with Gasteiger partial charge in [0, 0.05) is 5.20 Å². The topological polar surface area (TPSA) is 43.4 Å². The van der Waals surface area contributed by atoms with Crippen molar-refractivity contribution in [1.29, 1.82) is 0 Å². The molecule has 0 aromatic rings. The van der Waals surface area contributed by atoms with Crippen LogP contribution in [0.5, 0.6) is 0 Å². The molecule has 5 heteroatoms. The molecule has 0 aliphatic carbocycles. The third-order valence-corrected chi connectivity index (χ3v) is 1.80. The summed E-state index contributed by atoms with van der Waals surface area (Å²) in [5.41, 5.74) is 0. The van der Waals surface area contributed by atoms with E-state index in [4.69, 9.17) is 0 Å². The number of esters is 1. The summed E-state index contributed by atoms with van der Waals surface area (Å²) < 4.78 is 4.31. The van der Waals surface area contributed by atoms with Crippen LogP contribution >= 0.6 is 0 Å². The summed E-state index contributed by atoms with van der Waals surface area (Å²) in [4.78, 5) is 20.9. The first-order valence-corrected chi connectivity index (χ1v) is 3.87. The molecule has 0 aliphatic rings. The van der Waals surface area contributed by atoms with Gasteiger partial charge in [-0.15, -0.1) is 0 Å². The largest absolute Gasteiger partial charge is 0.466 e.